The molecule has 278 valence electrons. The molecular weight excluding hydrogens is 733 g/mol. The number of anilines is 3. The third-order valence-electron chi connectivity index (χ3n) is 11.8. The molecule has 1 aliphatic rings. The maximum Gasteiger partial charge on any atom is 0.124 e. The molecule has 1 aliphatic carbocycles. The molecule has 11 rings (SSSR count). The maximum atomic E-state index is 5.25. The monoisotopic (exact) mass is 770 g/mol. The first-order chi connectivity index (χ1) is 29.2. The molecule has 2 nitrogen and oxygen atoms in total. The third kappa shape index (κ3) is 5.98. The van der Waals surface area contributed by atoms with Gasteiger partial charge in [0.05, 0.1) is 15.6 Å². The van der Waals surface area contributed by atoms with E-state index in [4.69, 9.17) is 4.98 Å². The molecule has 9 aromatic carbocycles. The zero-order valence-electron chi connectivity index (χ0n) is 32.2. The van der Waals surface area contributed by atoms with Crippen LogP contribution >= 0.6 is 11.3 Å². The van der Waals surface area contributed by atoms with E-state index in [2.05, 4.69) is 235 Å². The van der Waals surface area contributed by atoms with Crippen LogP contribution < -0.4 is 4.90 Å². The van der Waals surface area contributed by atoms with Crippen molar-refractivity contribution in [2.45, 2.75) is 5.41 Å². The highest BCUT2D eigenvalue weighted by molar-refractivity contribution is 7.21. The molecule has 0 saturated heterocycles. The van der Waals surface area contributed by atoms with E-state index in [1.807, 2.05) is 0 Å². The largest absolute Gasteiger partial charge is 0.310 e. The number of rotatable bonds is 8. The highest BCUT2D eigenvalue weighted by Gasteiger charge is 2.46. The van der Waals surface area contributed by atoms with Crippen LogP contribution in [0, 0.1) is 0 Å². The van der Waals surface area contributed by atoms with E-state index in [1.54, 1.807) is 11.3 Å². The summed E-state index contributed by atoms with van der Waals surface area (Å²) < 4.78 is 1.16. The Labute approximate surface area is 349 Å². The van der Waals surface area contributed by atoms with E-state index in [-0.39, 0.29) is 0 Å². The van der Waals surface area contributed by atoms with Gasteiger partial charge in [-0.15, -0.1) is 11.3 Å². The number of aromatic nitrogens is 1. The first-order valence-corrected chi connectivity index (χ1v) is 20.9. The summed E-state index contributed by atoms with van der Waals surface area (Å²) in [6.07, 6.45) is 0. The van der Waals surface area contributed by atoms with Crippen LogP contribution in [0.25, 0.3) is 54.2 Å². The quantitative estimate of drug-likeness (QED) is 0.153. The van der Waals surface area contributed by atoms with Crippen LogP contribution in [0.3, 0.4) is 0 Å². The molecule has 59 heavy (non-hydrogen) atoms. The third-order valence-corrected chi connectivity index (χ3v) is 12.9. The van der Waals surface area contributed by atoms with E-state index in [9.17, 15) is 0 Å². The summed E-state index contributed by atoms with van der Waals surface area (Å²) in [5.41, 5.74) is 17.2. The Hall–Kier alpha value is -7.33. The van der Waals surface area contributed by atoms with Crippen molar-refractivity contribution >= 4 is 38.6 Å². The van der Waals surface area contributed by atoms with Gasteiger partial charge in [-0.05, 0) is 98.1 Å². The van der Waals surface area contributed by atoms with Crippen molar-refractivity contribution in [1.82, 2.24) is 4.98 Å². The van der Waals surface area contributed by atoms with Gasteiger partial charge in [0.2, 0.25) is 0 Å². The highest BCUT2D eigenvalue weighted by Crippen LogP contribution is 2.57. The maximum absolute atomic E-state index is 5.25. The van der Waals surface area contributed by atoms with Crippen LogP contribution in [0.4, 0.5) is 17.1 Å². The second-order valence-electron chi connectivity index (χ2n) is 15.1. The second kappa shape index (κ2) is 14.6. The van der Waals surface area contributed by atoms with Crippen molar-refractivity contribution in [2.75, 3.05) is 4.90 Å². The van der Waals surface area contributed by atoms with E-state index < -0.39 is 5.41 Å². The van der Waals surface area contributed by atoms with Crippen molar-refractivity contribution in [2.24, 2.45) is 0 Å². The lowest BCUT2D eigenvalue weighted by Gasteiger charge is -2.35. The Kier molecular flexibility index (Phi) is 8.61. The molecule has 0 spiro atoms. The van der Waals surface area contributed by atoms with Crippen molar-refractivity contribution in [3.63, 3.8) is 0 Å². The minimum absolute atomic E-state index is 0.503. The van der Waals surface area contributed by atoms with E-state index >= 15 is 0 Å². The summed E-state index contributed by atoms with van der Waals surface area (Å²) >= 11 is 1.74. The SMILES string of the molecule is c1ccc(-c2ccc(-c3nc4cc(N(c5ccc(-c6ccccc6)cc5)c5ccc6c(c5)C(c5ccccc5)(c5ccccc5)c5ccccc5-6)ccc4s3)cc2)cc1. The summed E-state index contributed by atoms with van der Waals surface area (Å²) in [5.74, 6) is 0. The fraction of sp³-hybridized carbons (Fsp3) is 0.0179. The van der Waals surface area contributed by atoms with Gasteiger partial charge in [-0.2, -0.15) is 0 Å². The minimum Gasteiger partial charge on any atom is -0.310 e. The molecule has 0 radical (unpaired) electrons. The number of nitrogens with zero attached hydrogens (tertiary/aromatic N) is 2. The molecule has 0 amide bonds. The van der Waals surface area contributed by atoms with E-state index in [1.165, 1.54) is 55.6 Å². The number of fused-ring (bicyclic) bond motifs is 4. The molecule has 0 unspecified atom stereocenters. The number of thiazole rings is 1. The Morgan fingerprint density at radius 1 is 0.356 bits per heavy atom. The molecule has 10 aromatic rings. The fourth-order valence-corrected chi connectivity index (χ4v) is 10.0. The predicted octanol–water partition coefficient (Wildman–Crippen LogP) is 15.1. The molecule has 1 heterocycles. The van der Waals surface area contributed by atoms with Crippen LogP contribution in [0.5, 0.6) is 0 Å². The van der Waals surface area contributed by atoms with Gasteiger partial charge in [0.1, 0.15) is 5.01 Å². The molecule has 0 saturated carbocycles. The lowest BCUT2D eigenvalue weighted by atomic mass is 9.67. The Morgan fingerprint density at radius 2 is 0.814 bits per heavy atom. The van der Waals surface area contributed by atoms with Gasteiger partial charge < -0.3 is 4.90 Å². The van der Waals surface area contributed by atoms with Gasteiger partial charge in [-0.3, -0.25) is 0 Å². The molecule has 0 N–H and O–H groups in total. The van der Waals surface area contributed by atoms with E-state index in [0.717, 1.165) is 37.8 Å². The van der Waals surface area contributed by atoms with Crippen molar-refractivity contribution in [3.8, 4) is 44.0 Å². The molecule has 0 atom stereocenters. The zero-order valence-corrected chi connectivity index (χ0v) is 33.1. The van der Waals surface area contributed by atoms with Crippen molar-refractivity contribution < 1.29 is 0 Å². The topological polar surface area (TPSA) is 16.1 Å². The van der Waals surface area contributed by atoms with Crippen LogP contribution in [0.15, 0.2) is 231 Å². The molecular formula is C56H38N2S. The molecule has 3 heteroatoms. The first-order valence-electron chi connectivity index (χ1n) is 20.1. The van der Waals surface area contributed by atoms with Gasteiger partial charge in [-0.1, -0.05) is 188 Å². The standard InChI is InChI=1S/C56H38N2S/c1-5-15-39(16-6-1)41-25-27-43(28-26-41)55-57-53-38-48(34-36-54(53)59-55)58(46-31-29-42(30-32-46)40-17-7-2-8-18-40)47-33-35-50-49-23-13-14-24-51(49)56(52(50)37-47,44-19-9-3-10-20-44)45-21-11-4-12-22-45/h1-38H. The van der Waals surface area contributed by atoms with Crippen LogP contribution in [0.2, 0.25) is 0 Å². The molecule has 0 aliphatic heterocycles. The van der Waals surface area contributed by atoms with Crippen LogP contribution in [0.1, 0.15) is 22.3 Å². The van der Waals surface area contributed by atoms with Crippen molar-refractivity contribution in [3.05, 3.63) is 253 Å². The summed E-state index contributed by atoms with van der Waals surface area (Å²) in [7, 11) is 0. The Morgan fingerprint density at radius 3 is 1.44 bits per heavy atom. The fourth-order valence-electron chi connectivity index (χ4n) is 9.07. The normalized spacial score (nSPS) is 12.5. The summed E-state index contributed by atoms with van der Waals surface area (Å²) in [6, 6.07) is 83.6. The zero-order chi connectivity index (χ0) is 39.2. The summed E-state index contributed by atoms with van der Waals surface area (Å²) in [5, 5.41) is 1.02. The van der Waals surface area contributed by atoms with Gasteiger partial charge in [-0.25, -0.2) is 4.98 Å². The lowest BCUT2D eigenvalue weighted by Crippen LogP contribution is -2.28. The Balaban J connectivity index is 1.07. The molecule has 1 aromatic heterocycles. The molecule has 0 bridgehead atoms. The Bertz CT molecular complexity index is 3030. The summed E-state index contributed by atoms with van der Waals surface area (Å²) in [4.78, 5) is 7.64. The summed E-state index contributed by atoms with van der Waals surface area (Å²) in [6.45, 7) is 0. The van der Waals surface area contributed by atoms with Crippen LogP contribution in [-0.4, -0.2) is 4.98 Å². The van der Waals surface area contributed by atoms with Gasteiger partial charge in [0.25, 0.3) is 0 Å². The van der Waals surface area contributed by atoms with Crippen LogP contribution in [-0.2, 0) is 5.41 Å². The minimum atomic E-state index is -0.503. The van der Waals surface area contributed by atoms with Gasteiger partial charge in [0.15, 0.2) is 0 Å². The number of hydrogen-bond acceptors (Lipinski definition) is 3. The van der Waals surface area contributed by atoms with Gasteiger partial charge in [0, 0.05) is 22.6 Å². The smallest absolute Gasteiger partial charge is 0.124 e. The second-order valence-corrected chi connectivity index (χ2v) is 16.2. The number of benzene rings is 9. The average molecular weight is 771 g/mol. The highest BCUT2D eigenvalue weighted by atomic mass is 32.1. The van der Waals surface area contributed by atoms with Gasteiger partial charge >= 0.3 is 0 Å². The predicted molar refractivity (Wildman–Crippen MR) is 248 cm³/mol. The molecule has 0 fully saturated rings. The van der Waals surface area contributed by atoms with Crippen molar-refractivity contribution in [1.29, 1.82) is 0 Å². The lowest BCUT2D eigenvalue weighted by molar-refractivity contribution is 0.768. The number of hydrogen-bond donors (Lipinski definition) is 0. The van der Waals surface area contributed by atoms with E-state index in [0.29, 0.717) is 0 Å². The first kappa shape index (κ1) is 34.9. The average Bonchev–Trinajstić information content (AvgIpc) is 3.88.